The topological polar surface area (TPSA) is 29.9 Å². The highest BCUT2D eigenvalue weighted by molar-refractivity contribution is 5.02. The number of likely N-dealkylation sites (N-methyl/N-ethyl adjacent to an activating group) is 1. The molecule has 1 atom stereocenters. The van der Waals surface area contributed by atoms with Gasteiger partial charge in [-0.2, -0.15) is 5.10 Å². The minimum Gasteiger partial charge on any atom is -0.314 e. The van der Waals surface area contributed by atoms with E-state index in [-0.39, 0.29) is 0 Å². The van der Waals surface area contributed by atoms with Gasteiger partial charge in [-0.25, -0.2) is 0 Å². The van der Waals surface area contributed by atoms with Crippen LogP contribution < -0.4 is 5.32 Å². The second-order valence-corrected chi connectivity index (χ2v) is 6.66. The summed E-state index contributed by atoms with van der Waals surface area (Å²) in [5.41, 5.74) is 1.26. The SMILES string of the molecule is CCNC(CCC(C)C)Cc1ccn(C2CCCC2)n1. The zero-order valence-corrected chi connectivity index (χ0v) is 13.4. The monoisotopic (exact) mass is 277 g/mol. The van der Waals surface area contributed by atoms with Crippen LogP contribution in [0.2, 0.25) is 0 Å². The summed E-state index contributed by atoms with van der Waals surface area (Å²) in [6.45, 7) is 7.85. The normalized spacial score (nSPS) is 18.0. The van der Waals surface area contributed by atoms with E-state index in [1.54, 1.807) is 0 Å². The van der Waals surface area contributed by atoms with E-state index in [1.807, 2.05) is 0 Å². The zero-order chi connectivity index (χ0) is 14.4. The Morgan fingerprint density at radius 2 is 2.05 bits per heavy atom. The van der Waals surface area contributed by atoms with Crippen molar-refractivity contribution < 1.29 is 0 Å². The summed E-state index contributed by atoms with van der Waals surface area (Å²) >= 11 is 0. The fourth-order valence-corrected chi connectivity index (χ4v) is 3.21. The van der Waals surface area contributed by atoms with E-state index >= 15 is 0 Å². The predicted molar refractivity (Wildman–Crippen MR) is 85.0 cm³/mol. The summed E-state index contributed by atoms with van der Waals surface area (Å²) in [4.78, 5) is 0. The van der Waals surface area contributed by atoms with Crippen LogP contribution in [0, 0.1) is 5.92 Å². The first kappa shape index (κ1) is 15.6. The standard InChI is InChI=1S/C17H31N3/c1-4-18-15(10-9-14(2)3)13-16-11-12-20(19-16)17-7-5-6-8-17/h11-12,14-15,17-18H,4-10,13H2,1-3H3. The number of hydrogen-bond acceptors (Lipinski definition) is 2. The fourth-order valence-electron chi connectivity index (χ4n) is 3.21. The zero-order valence-electron chi connectivity index (χ0n) is 13.4. The van der Waals surface area contributed by atoms with E-state index in [1.165, 1.54) is 44.2 Å². The molecule has 1 aliphatic rings. The van der Waals surface area contributed by atoms with E-state index in [0.717, 1.165) is 18.9 Å². The summed E-state index contributed by atoms with van der Waals surface area (Å²) in [5, 5.41) is 8.43. The number of hydrogen-bond donors (Lipinski definition) is 1. The van der Waals surface area contributed by atoms with E-state index in [0.29, 0.717) is 12.1 Å². The molecule has 1 aliphatic carbocycles. The Labute approximate surface area is 124 Å². The van der Waals surface area contributed by atoms with Crippen LogP contribution in [0.15, 0.2) is 12.3 Å². The Morgan fingerprint density at radius 3 is 2.70 bits per heavy atom. The van der Waals surface area contributed by atoms with Gasteiger partial charge in [0.15, 0.2) is 0 Å². The molecule has 3 heteroatoms. The molecule has 20 heavy (non-hydrogen) atoms. The number of nitrogens with one attached hydrogen (secondary N) is 1. The highest BCUT2D eigenvalue weighted by Crippen LogP contribution is 2.28. The third-order valence-electron chi connectivity index (χ3n) is 4.40. The Morgan fingerprint density at radius 1 is 1.30 bits per heavy atom. The Hall–Kier alpha value is -0.830. The van der Waals surface area contributed by atoms with Gasteiger partial charge in [-0.15, -0.1) is 0 Å². The molecule has 1 aromatic heterocycles. The molecule has 0 saturated heterocycles. The first-order valence-electron chi connectivity index (χ1n) is 8.46. The van der Waals surface area contributed by atoms with Gasteiger partial charge >= 0.3 is 0 Å². The largest absolute Gasteiger partial charge is 0.314 e. The van der Waals surface area contributed by atoms with Crippen LogP contribution in [0.3, 0.4) is 0 Å². The third kappa shape index (κ3) is 4.62. The Kier molecular flexibility index (Phi) is 6.08. The quantitative estimate of drug-likeness (QED) is 0.779. The van der Waals surface area contributed by atoms with Crippen molar-refractivity contribution in [2.75, 3.05) is 6.54 Å². The average Bonchev–Trinajstić information content (AvgIpc) is 3.06. The van der Waals surface area contributed by atoms with Gasteiger partial charge in [-0.1, -0.05) is 33.6 Å². The lowest BCUT2D eigenvalue weighted by Gasteiger charge is -2.18. The van der Waals surface area contributed by atoms with Crippen molar-refractivity contribution in [1.82, 2.24) is 15.1 Å². The molecule has 1 aromatic rings. The molecule has 0 amide bonds. The van der Waals surface area contributed by atoms with Gasteiger partial charge in [0.2, 0.25) is 0 Å². The summed E-state index contributed by atoms with van der Waals surface area (Å²) in [5.74, 6) is 0.784. The second-order valence-electron chi connectivity index (χ2n) is 6.66. The van der Waals surface area contributed by atoms with Gasteiger partial charge in [-0.05, 0) is 44.2 Å². The van der Waals surface area contributed by atoms with Crippen molar-refractivity contribution in [3.63, 3.8) is 0 Å². The Bertz CT molecular complexity index is 377. The van der Waals surface area contributed by atoms with E-state index in [9.17, 15) is 0 Å². The highest BCUT2D eigenvalue weighted by Gasteiger charge is 2.18. The molecule has 0 spiro atoms. The number of nitrogens with zero attached hydrogens (tertiary/aromatic N) is 2. The smallest absolute Gasteiger partial charge is 0.0640 e. The molecule has 1 saturated carbocycles. The summed E-state index contributed by atoms with van der Waals surface area (Å²) < 4.78 is 2.22. The third-order valence-corrected chi connectivity index (χ3v) is 4.40. The van der Waals surface area contributed by atoms with Crippen molar-refractivity contribution in [3.05, 3.63) is 18.0 Å². The predicted octanol–water partition coefficient (Wildman–Crippen LogP) is 3.96. The lowest BCUT2D eigenvalue weighted by molar-refractivity contribution is 0.423. The summed E-state index contributed by atoms with van der Waals surface area (Å²) in [6, 6.07) is 3.46. The van der Waals surface area contributed by atoms with E-state index in [2.05, 4.69) is 43.0 Å². The molecule has 0 aliphatic heterocycles. The lowest BCUT2D eigenvalue weighted by atomic mass is 10.00. The molecule has 0 aromatic carbocycles. The molecule has 3 nitrogen and oxygen atoms in total. The van der Waals surface area contributed by atoms with Crippen LogP contribution >= 0.6 is 0 Å². The van der Waals surface area contributed by atoms with Crippen LogP contribution in [0.1, 0.15) is 71.0 Å². The number of aromatic nitrogens is 2. The average molecular weight is 277 g/mol. The first-order chi connectivity index (χ1) is 9.69. The minimum absolute atomic E-state index is 0.578. The van der Waals surface area contributed by atoms with Crippen molar-refractivity contribution >= 4 is 0 Å². The molecular formula is C17H31N3. The molecule has 0 radical (unpaired) electrons. The molecule has 1 heterocycles. The maximum absolute atomic E-state index is 4.82. The van der Waals surface area contributed by atoms with Crippen molar-refractivity contribution in [1.29, 1.82) is 0 Å². The van der Waals surface area contributed by atoms with Gasteiger partial charge < -0.3 is 5.32 Å². The van der Waals surface area contributed by atoms with Gasteiger partial charge in [0.1, 0.15) is 0 Å². The van der Waals surface area contributed by atoms with Crippen LogP contribution in [-0.4, -0.2) is 22.4 Å². The molecule has 2 rings (SSSR count). The fraction of sp³-hybridized carbons (Fsp3) is 0.824. The second kappa shape index (κ2) is 7.82. The molecule has 114 valence electrons. The highest BCUT2D eigenvalue weighted by atomic mass is 15.3. The Balaban J connectivity index is 1.88. The van der Waals surface area contributed by atoms with Crippen LogP contribution in [0.25, 0.3) is 0 Å². The van der Waals surface area contributed by atoms with Gasteiger partial charge in [0.05, 0.1) is 11.7 Å². The molecule has 1 N–H and O–H groups in total. The van der Waals surface area contributed by atoms with Gasteiger partial charge in [0, 0.05) is 18.7 Å². The molecule has 1 fully saturated rings. The molecular weight excluding hydrogens is 246 g/mol. The van der Waals surface area contributed by atoms with Crippen LogP contribution in [-0.2, 0) is 6.42 Å². The molecule has 0 bridgehead atoms. The van der Waals surface area contributed by atoms with Crippen molar-refractivity contribution in [3.8, 4) is 0 Å². The van der Waals surface area contributed by atoms with E-state index in [4.69, 9.17) is 5.10 Å². The van der Waals surface area contributed by atoms with E-state index < -0.39 is 0 Å². The number of rotatable bonds is 8. The van der Waals surface area contributed by atoms with Crippen molar-refractivity contribution in [2.45, 2.75) is 77.8 Å². The maximum atomic E-state index is 4.82. The van der Waals surface area contributed by atoms with Gasteiger partial charge in [0.25, 0.3) is 0 Å². The lowest BCUT2D eigenvalue weighted by Crippen LogP contribution is -2.31. The molecule has 1 unspecified atom stereocenters. The summed E-state index contributed by atoms with van der Waals surface area (Å²) in [7, 11) is 0. The van der Waals surface area contributed by atoms with Crippen LogP contribution in [0.5, 0.6) is 0 Å². The maximum Gasteiger partial charge on any atom is 0.0640 e. The first-order valence-corrected chi connectivity index (χ1v) is 8.46. The van der Waals surface area contributed by atoms with Crippen LogP contribution in [0.4, 0.5) is 0 Å². The van der Waals surface area contributed by atoms with Crippen molar-refractivity contribution in [2.24, 2.45) is 5.92 Å². The van der Waals surface area contributed by atoms with Gasteiger partial charge in [-0.3, -0.25) is 4.68 Å². The minimum atomic E-state index is 0.578. The summed E-state index contributed by atoms with van der Waals surface area (Å²) in [6.07, 6.45) is 11.2.